The van der Waals surface area contributed by atoms with Gasteiger partial charge in [0, 0.05) is 24.7 Å². The Labute approximate surface area is 204 Å². The zero-order valence-electron chi connectivity index (χ0n) is 21.1. The highest BCUT2D eigenvalue weighted by Crippen LogP contribution is 2.22. The lowest BCUT2D eigenvalue weighted by atomic mass is 10.0. The first-order valence-corrected chi connectivity index (χ1v) is 13.2. The molecule has 3 aromatic rings. The van der Waals surface area contributed by atoms with Crippen molar-refractivity contribution >= 4 is 17.2 Å². The Balaban J connectivity index is 1.18. The molecule has 0 unspecified atom stereocenters. The Bertz CT molecular complexity index is 1130. The van der Waals surface area contributed by atoms with Crippen LogP contribution in [0.15, 0.2) is 36.4 Å². The van der Waals surface area contributed by atoms with E-state index >= 15 is 0 Å². The third-order valence-corrected chi connectivity index (χ3v) is 7.63. The zero-order valence-corrected chi connectivity index (χ0v) is 21.1. The number of fused-ring (bicyclic) bond motifs is 1. The fourth-order valence-electron chi connectivity index (χ4n) is 5.71. The van der Waals surface area contributed by atoms with Crippen molar-refractivity contribution in [2.45, 2.75) is 65.5 Å². The maximum absolute atomic E-state index is 4.88. The van der Waals surface area contributed by atoms with Crippen LogP contribution in [0.3, 0.4) is 0 Å². The normalized spacial score (nSPS) is 18.6. The predicted octanol–water partition coefficient (Wildman–Crippen LogP) is 5.23. The highest BCUT2D eigenvalue weighted by Gasteiger charge is 2.25. The van der Waals surface area contributed by atoms with Gasteiger partial charge >= 0.3 is 0 Å². The maximum atomic E-state index is 4.88. The molecule has 34 heavy (non-hydrogen) atoms. The molecule has 5 nitrogen and oxygen atoms in total. The van der Waals surface area contributed by atoms with Gasteiger partial charge in [-0.25, -0.2) is 9.97 Å². The van der Waals surface area contributed by atoms with Crippen LogP contribution >= 0.6 is 0 Å². The second-order valence-corrected chi connectivity index (χ2v) is 10.1. The average Bonchev–Trinajstić information content (AvgIpc) is 3.50. The lowest BCUT2D eigenvalue weighted by Gasteiger charge is -2.36. The molecule has 180 valence electrons. The third kappa shape index (κ3) is 5.11. The minimum atomic E-state index is 0.811. The van der Waals surface area contributed by atoms with Gasteiger partial charge in [0.15, 0.2) is 5.65 Å². The highest BCUT2D eigenvalue weighted by atomic mass is 15.2. The van der Waals surface area contributed by atoms with Crippen molar-refractivity contribution in [1.82, 2.24) is 24.3 Å². The Morgan fingerprint density at radius 3 is 2.41 bits per heavy atom. The molecule has 5 heteroatoms. The molecule has 2 aromatic heterocycles. The maximum Gasteiger partial charge on any atom is 0.160 e. The van der Waals surface area contributed by atoms with Crippen LogP contribution in [-0.2, 0) is 13.0 Å². The molecule has 0 atom stereocenters. The third-order valence-electron chi connectivity index (χ3n) is 7.63. The summed E-state index contributed by atoms with van der Waals surface area (Å²) < 4.78 is 2.28. The van der Waals surface area contributed by atoms with E-state index in [-0.39, 0.29) is 0 Å². The first kappa shape index (κ1) is 23.3. The number of aryl methyl sites for hydroxylation is 3. The predicted molar refractivity (Wildman–Crippen MR) is 141 cm³/mol. The van der Waals surface area contributed by atoms with Crippen LogP contribution in [0.4, 0.5) is 0 Å². The van der Waals surface area contributed by atoms with Gasteiger partial charge in [-0.2, -0.15) is 0 Å². The van der Waals surface area contributed by atoms with Crippen LogP contribution in [-0.4, -0.2) is 63.1 Å². The summed E-state index contributed by atoms with van der Waals surface area (Å²) in [6.45, 7) is 13.3. The number of likely N-dealkylation sites (tertiary alicyclic amines) is 2. The molecule has 2 saturated heterocycles. The van der Waals surface area contributed by atoms with Crippen LogP contribution in [0.25, 0.3) is 17.2 Å². The second kappa shape index (κ2) is 10.4. The van der Waals surface area contributed by atoms with Crippen molar-refractivity contribution in [2.24, 2.45) is 0 Å². The summed E-state index contributed by atoms with van der Waals surface area (Å²) in [6.07, 6.45) is 11.0. The second-order valence-electron chi connectivity index (χ2n) is 10.1. The number of piperidine rings is 1. The number of rotatable bonds is 7. The number of hydrogen-bond acceptors (Lipinski definition) is 4. The van der Waals surface area contributed by atoms with Gasteiger partial charge in [-0.15, -0.1) is 0 Å². The minimum Gasteiger partial charge on any atom is -0.308 e. The molecule has 0 amide bonds. The van der Waals surface area contributed by atoms with Crippen molar-refractivity contribution in [1.29, 1.82) is 0 Å². The van der Waals surface area contributed by atoms with Crippen LogP contribution in [0.5, 0.6) is 0 Å². The lowest BCUT2D eigenvalue weighted by molar-refractivity contribution is 0.135. The van der Waals surface area contributed by atoms with Crippen LogP contribution in [0.1, 0.15) is 60.8 Å². The summed E-state index contributed by atoms with van der Waals surface area (Å²) in [5.74, 6) is 1.11. The number of imidazole rings is 1. The summed E-state index contributed by atoms with van der Waals surface area (Å²) in [4.78, 5) is 15.0. The largest absolute Gasteiger partial charge is 0.308 e. The van der Waals surface area contributed by atoms with E-state index in [2.05, 4.69) is 77.6 Å². The van der Waals surface area contributed by atoms with Crippen molar-refractivity contribution in [3.8, 4) is 0 Å². The topological polar surface area (TPSA) is 37.2 Å². The van der Waals surface area contributed by atoms with Gasteiger partial charge in [-0.1, -0.05) is 43.3 Å². The van der Waals surface area contributed by atoms with E-state index in [0.29, 0.717) is 0 Å². The van der Waals surface area contributed by atoms with E-state index in [4.69, 9.17) is 9.97 Å². The van der Waals surface area contributed by atoms with Gasteiger partial charge in [-0.05, 0) is 88.5 Å². The molecule has 1 aromatic carbocycles. The first-order valence-electron chi connectivity index (χ1n) is 13.2. The van der Waals surface area contributed by atoms with Crippen LogP contribution in [0, 0.1) is 13.8 Å². The van der Waals surface area contributed by atoms with Crippen molar-refractivity contribution in [2.75, 3.05) is 32.7 Å². The Hall–Kier alpha value is -2.50. The zero-order chi connectivity index (χ0) is 23.5. The average molecular weight is 458 g/mol. The van der Waals surface area contributed by atoms with E-state index in [0.717, 1.165) is 48.2 Å². The van der Waals surface area contributed by atoms with Crippen molar-refractivity contribution in [3.63, 3.8) is 0 Å². The smallest absolute Gasteiger partial charge is 0.160 e. The summed E-state index contributed by atoms with van der Waals surface area (Å²) in [6, 6.07) is 11.9. The quantitative estimate of drug-likeness (QED) is 0.487. The molecule has 0 radical (unpaired) electrons. The van der Waals surface area contributed by atoms with E-state index < -0.39 is 0 Å². The van der Waals surface area contributed by atoms with Gasteiger partial charge in [0.1, 0.15) is 11.3 Å². The van der Waals surface area contributed by atoms with Crippen molar-refractivity contribution < 1.29 is 0 Å². The van der Waals surface area contributed by atoms with E-state index in [9.17, 15) is 0 Å². The van der Waals surface area contributed by atoms with Gasteiger partial charge < -0.3 is 9.47 Å². The summed E-state index contributed by atoms with van der Waals surface area (Å²) in [5.41, 5.74) is 6.85. The Kier molecular flexibility index (Phi) is 7.12. The summed E-state index contributed by atoms with van der Waals surface area (Å²) in [7, 11) is 0. The van der Waals surface area contributed by atoms with Gasteiger partial charge in [0.05, 0.1) is 6.54 Å². The minimum absolute atomic E-state index is 0.811. The number of hydrogen-bond donors (Lipinski definition) is 0. The van der Waals surface area contributed by atoms with Crippen LogP contribution in [0.2, 0.25) is 0 Å². The SMILES string of the molecule is CCc1nc2c(C)cc(C)nc2n1Cc1ccc(C=CCN2CCC(N3CCCC3)CC2)cc1. The van der Waals surface area contributed by atoms with E-state index in [1.165, 1.54) is 68.6 Å². The molecule has 0 saturated carbocycles. The fourth-order valence-corrected chi connectivity index (χ4v) is 5.71. The molecule has 0 bridgehead atoms. The molecule has 4 heterocycles. The number of benzene rings is 1. The number of pyridine rings is 1. The Morgan fingerprint density at radius 2 is 1.71 bits per heavy atom. The number of aromatic nitrogens is 3. The molecule has 0 N–H and O–H groups in total. The van der Waals surface area contributed by atoms with Crippen molar-refractivity contribution in [3.05, 3.63) is 64.6 Å². The van der Waals surface area contributed by atoms with E-state index in [1.807, 2.05) is 0 Å². The van der Waals surface area contributed by atoms with E-state index in [1.54, 1.807) is 0 Å². The van der Waals surface area contributed by atoms with Gasteiger partial charge in [0.25, 0.3) is 0 Å². The van der Waals surface area contributed by atoms with Gasteiger partial charge in [-0.3, -0.25) is 4.90 Å². The monoisotopic (exact) mass is 457 g/mol. The Morgan fingerprint density at radius 1 is 0.971 bits per heavy atom. The lowest BCUT2D eigenvalue weighted by Crippen LogP contribution is -2.43. The summed E-state index contributed by atoms with van der Waals surface area (Å²) >= 11 is 0. The van der Waals surface area contributed by atoms with Crippen LogP contribution < -0.4 is 0 Å². The summed E-state index contributed by atoms with van der Waals surface area (Å²) in [5, 5.41) is 0. The number of nitrogens with zero attached hydrogens (tertiary/aromatic N) is 5. The molecule has 2 fully saturated rings. The molecule has 5 rings (SSSR count). The molecular formula is C29H39N5. The molecular weight excluding hydrogens is 418 g/mol. The molecule has 0 spiro atoms. The highest BCUT2D eigenvalue weighted by molar-refractivity contribution is 5.76. The molecule has 2 aliphatic heterocycles. The fraction of sp³-hybridized carbons (Fsp3) is 0.517. The van der Waals surface area contributed by atoms with Gasteiger partial charge in [0.2, 0.25) is 0 Å². The first-order chi connectivity index (χ1) is 16.6. The standard InChI is InChI=1S/C29H39N5/c1-4-27-31-28-22(2)20-23(3)30-29(28)34(27)21-25-11-9-24(10-12-25)8-7-15-32-18-13-26(14-19-32)33-16-5-6-17-33/h7-12,20,26H,4-6,13-19,21H2,1-3H3. The molecule has 0 aliphatic carbocycles. The molecule has 2 aliphatic rings.